The zero-order valence-corrected chi connectivity index (χ0v) is 20.9. The van der Waals surface area contributed by atoms with Crippen LogP contribution in [-0.4, -0.2) is 95.1 Å². The zero-order valence-electron chi connectivity index (χ0n) is 20.9. The van der Waals surface area contributed by atoms with Crippen molar-refractivity contribution in [3.05, 3.63) is 59.9 Å². The van der Waals surface area contributed by atoms with Crippen molar-refractivity contribution < 1.29 is 9.18 Å². The normalized spacial score (nSPS) is 20.1. The van der Waals surface area contributed by atoms with E-state index in [0.29, 0.717) is 13.1 Å². The van der Waals surface area contributed by atoms with Gasteiger partial charge in [-0.2, -0.15) is 0 Å². The van der Waals surface area contributed by atoms with Crippen LogP contribution in [0.5, 0.6) is 0 Å². The highest BCUT2D eigenvalue weighted by Crippen LogP contribution is 2.26. The number of anilines is 1. The second-order valence-electron chi connectivity index (χ2n) is 10.4. The Morgan fingerprint density at radius 2 is 1.61 bits per heavy atom. The van der Waals surface area contributed by atoms with Gasteiger partial charge in [0.2, 0.25) is 11.9 Å². The quantitative estimate of drug-likeness (QED) is 0.532. The molecule has 6 rings (SSSR count). The number of amides is 1. The van der Waals surface area contributed by atoms with Gasteiger partial charge in [-0.15, -0.1) is 0 Å². The predicted octanol–water partition coefficient (Wildman–Crippen LogP) is 3.04. The Bertz CT molecular complexity index is 1190. The van der Waals surface area contributed by atoms with Crippen molar-refractivity contribution in [3.63, 3.8) is 0 Å². The largest absolute Gasteiger partial charge is 0.340 e. The molecule has 0 unspecified atom stereocenters. The van der Waals surface area contributed by atoms with Gasteiger partial charge >= 0.3 is 0 Å². The van der Waals surface area contributed by atoms with Gasteiger partial charge in [-0.05, 0) is 42.7 Å². The molecule has 7 nitrogen and oxygen atoms in total. The molecule has 3 heterocycles. The average Bonchev–Trinajstić information content (AvgIpc) is 3.23. The van der Waals surface area contributed by atoms with Crippen LogP contribution in [0.15, 0.2) is 48.5 Å². The Kier molecular flexibility index (Phi) is 6.63. The number of benzene rings is 2. The average molecular weight is 491 g/mol. The minimum absolute atomic E-state index is 0.222. The van der Waals surface area contributed by atoms with Gasteiger partial charge in [0.25, 0.3) is 0 Å². The third-order valence-electron chi connectivity index (χ3n) is 8.16. The van der Waals surface area contributed by atoms with E-state index in [2.05, 4.69) is 30.2 Å². The van der Waals surface area contributed by atoms with Gasteiger partial charge in [-0.1, -0.05) is 30.7 Å². The second-order valence-corrected chi connectivity index (χ2v) is 10.4. The third-order valence-corrected chi connectivity index (χ3v) is 8.16. The molecule has 0 spiro atoms. The summed E-state index contributed by atoms with van der Waals surface area (Å²) in [5.74, 6) is 0.985. The molecular weight excluding hydrogens is 455 g/mol. The molecule has 3 aliphatic rings. The lowest BCUT2D eigenvalue weighted by Crippen LogP contribution is -2.56. The van der Waals surface area contributed by atoms with Crippen molar-refractivity contribution in [2.24, 2.45) is 0 Å². The summed E-state index contributed by atoms with van der Waals surface area (Å²) >= 11 is 0. The summed E-state index contributed by atoms with van der Waals surface area (Å²) in [6, 6.07) is 15.6. The van der Waals surface area contributed by atoms with E-state index < -0.39 is 0 Å². The van der Waals surface area contributed by atoms with Crippen LogP contribution in [-0.2, 0) is 11.3 Å². The van der Waals surface area contributed by atoms with Crippen LogP contribution in [0, 0.1) is 5.82 Å². The van der Waals surface area contributed by atoms with Crippen LogP contribution in [0.25, 0.3) is 11.0 Å². The Hall–Kier alpha value is -2.97. The number of piperazine rings is 2. The van der Waals surface area contributed by atoms with E-state index in [4.69, 9.17) is 4.98 Å². The van der Waals surface area contributed by atoms with Crippen molar-refractivity contribution in [2.45, 2.75) is 31.8 Å². The number of para-hydroxylation sites is 2. The molecule has 2 saturated heterocycles. The highest BCUT2D eigenvalue weighted by Gasteiger charge is 2.30. The number of rotatable bonds is 6. The van der Waals surface area contributed by atoms with E-state index in [-0.39, 0.29) is 11.7 Å². The Labute approximate surface area is 212 Å². The summed E-state index contributed by atoms with van der Waals surface area (Å²) in [4.78, 5) is 27.2. The molecule has 36 heavy (non-hydrogen) atoms. The number of halogens is 1. The topological polar surface area (TPSA) is 47.9 Å². The van der Waals surface area contributed by atoms with E-state index in [1.165, 1.54) is 31.4 Å². The lowest BCUT2D eigenvalue weighted by molar-refractivity contribution is -0.134. The van der Waals surface area contributed by atoms with Crippen molar-refractivity contribution in [2.75, 3.05) is 63.8 Å². The summed E-state index contributed by atoms with van der Waals surface area (Å²) < 4.78 is 15.7. The standard InChI is InChI=1S/C28H35FN6O/c29-23-10-8-22(9-11-23)20-35-26-7-2-1-6-25(26)30-28(35)34-14-12-31(13-15-34)21-27(36)33-18-16-32(17-19-33)24-4-3-5-24/h1-2,6-11,24H,3-5,12-21H2. The van der Waals surface area contributed by atoms with Crippen LogP contribution in [0.3, 0.4) is 0 Å². The first-order chi connectivity index (χ1) is 17.6. The molecule has 0 bridgehead atoms. The monoisotopic (exact) mass is 490 g/mol. The molecule has 2 aliphatic heterocycles. The Balaban J connectivity index is 1.08. The first-order valence-corrected chi connectivity index (χ1v) is 13.3. The lowest BCUT2D eigenvalue weighted by atomic mass is 9.91. The van der Waals surface area contributed by atoms with Crippen molar-refractivity contribution in [3.8, 4) is 0 Å². The summed E-state index contributed by atoms with van der Waals surface area (Å²) in [7, 11) is 0. The number of hydrogen-bond donors (Lipinski definition) is 0. The maximum absolute atomic E-state index is 13.4. The molecule has 1 saturated carbocycles. The van der Waals surface area contributed by atoms with E-state index in [0.717, 1.165) is 80.9 Å². The first kappa shape index (κ1) is 23.4. The first-order valence-electron chi connectivity index (χ1n) is 13.3. The molecule has 1 amide bonds. The molecule has 8 heteroatoms. The molecule has 190 valence electrons. The molecule has 1 aliphatic carbocycles. The number of carbonyl (C=O) groups is 1. The number of nitrogens with zero attached hydrogens (tertiary/aromatic N) is 6. The smallest absolute Gasteiger partial charge is 0.236 e. The number of fused-ring (bicyclic) bond motifs is 1. The minimum atomic E-state index is -0.222. The number of aromatic nitrogens is 2. The minimum Gasteiger partial charge on any atom is -0.340 e. The molecule has 3 fully saturated rings. The van der Waals surface area contributed by atoms with Crippen LogP contribution in [0.1, 0.15) is 24.8 Å². The predicted molar refractivity (Wildman–Crippen MR) is 140 cm³/mol. The van der Waals surface area contributed by atoms with E-state index in [1.807, 2.05) is 30.3 Å². The second kappa shape index (κ2) is 10.2. The number of carbonyl (C=O) groups excluding carboxylic acids is 1. The van der Waals surface area contributed by atoms with Gasteiger partial charge in [0.1, 0.15) is 5.82 Å². The van der Waals surface area contributed by atoms with Gasteiger partial charge in [-0.3, -0.25) is 14.6 Å². The molecule has 1 aromatic heterocycles. The van der Waals surface area contributed by atoms with Gasteiger partial charge in [0, 0.05) is 58.4 Å². The summed E-state index contributed by atoms with van der Waals surface area (Å²) in [5.41, 5.74) is 3.09. The third kappa shape index (κ3) is 4.84. The van der Waals surface area contributed by atoms with E-state index in [1.54, 1.807) is 0 Å². The van der Waals surface area contributed by atoms with Crippen molar-refractivity contribution in [1.82, 2.24) is 24.3 Å². The SMILES string of the molecule is O=C(CN1CCN(c2nc3ccccc3n2Cc2ccc(F)cc2)CC1)N1CCN(C2CCC2)CC1. The van der Waals surface area contributed by atoms with Crippen molar-refractivity contribution >= 4 is 22.9 Å². The van der Waals surface area contributed by atoms with Gasteiger partial charge in [-0.25, -0.2) is 9.37 Å². The van der Waals surface area contributed by atoms with Crippen LogP contribution in [0.4, 0.5) is 10.3 Å². The fourth-order valence-electron chi connectivity index (χ4n) is 5.72. The summed E-state index contributed by atoms with van der Waals surface area (Å²) in [5, 5.41) is 0. The van der Waals surface area contributed by atoms with Crippen molar-refractivity contribution in [1.29, 1.82) is 0 Å². The maximum atomic E-state index is 13.4. The molecule has 0 radical (unpaired) electrons. The Morgan fingerprint density at radius 3 is 2.31 bits per heavy atom. The van der Waals surface area contributed by atoms with Crippen LogP contribution < -0.4 is 4.90 Å². The van der Waals surface area contributed by atoms with Gasteiger partial charge in [0.15, 0.2) is 0 Å². The van der Waals surface area contributed by atoms with Crippen LogP contribution in [0.2, 0.25) is 0 Å². The molecule has 3 aromatic rings. The fraction of sp³-hybridized carbons (Fsp3) is 0.500. The number of hydrogen-bond acceptors (Lipinski definition) is 5. The van der Waals surface area contributed by atoms with E-state index in [9.17, 15) is 9.18 Å². The van der Waals surface area contributed by atoms with Gasteiger partial charge in [0.05, 0.1) is 24.1 Å². The summed E-state index contributed by atoms with van der Waals surface area (Å²) in [6.45, 7) is 8.26. The highest BCUT2D eigenvalue weighted by molar-refractivity contribution is 5.79. The molecule has 0 N–H and O–H groups in total. The maximum Gasteiger partial charge on any atom is 0.236 e. The Morgan fingerprint density at radius 1 is 0.889 bits per heavy atom. The molecule has 2 aromatic carbocycles. The molecular formula is C28H35FN6O. The molecule has 0 atom stereocenters. The summed E-state index contributed by atoms with van der Waals surface area (Å²) in [6.07, 6.45) is 4.02. The number of imidazole rings is 1. The lowest BCUT2D eigenvalue weighted by Gasteiger charge is -2.43. The highest BCUT2D eigenvalue weighted by atomic mass is 19.1. The van der Waals surface area contributed by atoms with Gasteiger partial charge < -0.3 is 14.4 Å². The fourth-order valence-corrected chi connectivity index (χ4v) is 5.72. The van der Waals surface area contributed by atoms with E-state index >= 15 is 0 Å². The van der Waals surface area contributed by atoms with Crippen LogP contribution >= 0.6 is 0 Å². The zero-order chi connectivity index (χ0) is 24.5.